The van der Waals surface area contributed by atoms with E-state index in [9.17, 15) is 18.0 Å². The normalized spacial score (nSPS) is 12.6. The Balaban J connectivity index is 2.14. The van der Waals surface area contributed by atoms with Crippen LogP contribution in [0.2, 0.25) is 0 Å². The molecule has 0 aliphatic heterocycles. The van der Waals surface area contributed by atoms with Crippen LogP contribution in [0.1, 0.15) is 29.8 Å². The molecule has 0 saturated heterocycles. The lowest BCUT2D eigenvalue weighted by Gasteiger charge is -2.09. The Kier molecular flexibility index (Phi) is 6.14. The Labute approximate surface area is 143 Å². The van der Waals surface area contributed by atoms with Gasteiger partial charge in [-0.25, -0.2) is 0 Å². The van der Waals surface area contributed by atoms with E-state index >= 15 is 0 Å². The van der Waals surface area contributed by atoms with Crippen LogP contribution in [-0.4, -0.2) is 29.3 Å². The van der Waals surface area contributed by atoms with E-state index in [-0.39, 0.29) is 18.6 Å². The Hall–Kier alpha value is -2.41. The SMILES string of the molecule is CC(C)N=c1ccccn1C(=O)c1ccc(COCC(F)(F)F)cc1. The summed E-state index contributed by atoms with van der Waals surface area (Å²) in [6, 6.07) is 11.6. The molecule has 0 saturated carbocycles. The Bertz CT molecular complexity index is 778. The van der Waals surface area contributed by atoms with Gasteiger partial charge in [-0.15, -0.1) is 0 Å². The van der Waals surface area contributed by atoms with Crippen LogP contribution in [-0.2, 0) is 11.3 Å². The average Bonchev–Trinajstić information content (AvgIpc) is 2.54. The second-order valence-corrected chi connectivity index (χ2v) is 5.76. The van der Waals surface area contributed by atoms with Gasteiger partial charge >= 0.3 is 6.18 Å². The summed E-state index contributed by atoms with van der Waals surface area (Å²) < 4.78 is 42.2. The van der Waals surface area contributed by atoms with Crippen molar-refractivity contribution in [2.75, 3.05) is 6.61 Å². The average molecular weight is 352 g/mol. The maximum atomic E-state index is 12.6. The fourth-order valence-corrected chi connectivity index (χ4v) is 2.14. The number of halogens is 3. The lowest BCUT2D eigenvalue weighted by molar-refractivity contribution is -0.176. The highest BCUT2D eigenvalue weighted by Gasteiger charge is 2.27. The second kappa shape index (κ2) is 8.11. The van der Waals surface area contributed by atoms with Crippen LogP contribution in [0.15, 0.2) is 53.7 Å². The van der Waals surface area contributed by atoms with Gasteiger partial charge in [-0.2, -0.15) is 13.2 Å². The van der Waals surface area contributed by atoms with Crippen molar-refractivity contribution in [3.05, 3.63) is 65.3 Å². The lowest BCUT2D eigenvalue weighted by Crippen LogP contribution is -2.28. The van der Waals surface area contributed by atoms with Crippen molar-refractivity contribution in [2.45, 2.75) is 32.7 Å². The predicted molar refractivity (Wildman–Crippen MR) is 87.0 cm³/mol. The van der Waals surface area contributed by atoms with E-state index in [0.29, 0.717) is 16.6 Å². The van der Waals surface area contributed by atoms with Gasteiger partial charge in [0.25, 0.3) is 5.91 Å². The number of benzene rings is 1. The molecule has 1 heterocycles. The number of carbonyl (C=O) groups excluding carboxylic acids is 1. The minimum absolute atomic E-state index is 0.0367. The van der Waals surface area contributed by atoms with Crippen LogP contribution in [0.3, 0.4) is 0 Å². The second-order valence-electron chi connectivity index (χ2n) is 5.76. The third-order valence-corrected chi connectivity index (χ3v) is 3.18. The van der Waals surface area contributed by atoms with E-state index in [0.717, 1.165) is 0 Å². The molecule has 0 N–H and O–H groups in total. The minimum Gasteiger partial charge on any atom is -0.367 e. The first kappa shape index (κ1) is 18.9. The van der Waals surface area contributed by atoms with Crippen molar-refractivity contribution in [3.8, 4) is 0 Å². The van der Waals surface area contributed by atoms with E-state index in [1.54, 1.807) is 48.7 Å². The number of ether oxygens (including phenoxy) is 1. The Morgan fingerprint density at radius 1 is 1.16 bits per heavy atom. The standard InChI is InChI=1S/C18H19F3N2O2/c1-13(2)22-16-5-3-4-10-23(16)17(24)15-8-6-14(7-9-15)11-25-12-18(19,20)21/h3-10,13H,11-12H2,1-2H3. The van der Waals surface area contributed by atoms with E-state index in [1.165, 1.54) is 4.57 Å². The molecule has 0 aliphatic carbocycles. The van der Waals surface area contributed by atoms with Gasteiger partial charge in [-0.1, -0.05) is 18.2 Å². The smallest absolute Gasteiger partial charge is 0.367 e. The van der Waals surface area contributed by atoms with Gasteiger partial charge in [0.2, 0.25) is 0 Å². The summed E-state index contributed by atoms with van der Waals surface area (Å²) in [4.78, 5) is 17.0. The topological polar surface area (TPSA) is 43.6 Å². The van der Waals surface area contributed by atoms with Gasteiger partial charge in [0.15, 0.2) is 0 Å². The van der Waals surface area contributed by atoms with Crippen molar-refractivity contribution in [1.82, 2.24) is 4.57 Å². The molecule has 2 rings (SSSR count). The predicted octanol–water partition coefficient (Wildman–Crippen LogP) is 3.56. The molecule has 2 aromatic rings. The highest BCUT2D eigenvalue weighted by Crippen LogP contribution is 2.16. The molecular formula is C18H19F3N2O2. The van der Waals surface area contributed by atoms with Gasteiger partial charge in [0, 0.05) is 17.8 Å². The maximum absolute atomic E-state index is 12.6. The molecule has 1 aromatic heterocycles. The van der Waals surface area contributed by atoms with Gasteiger partial charge in [0.1, 0.15) is 12.1 Å². The summed E-state index contributed by atoms with van der Waals surface area (Å²) in [5.74, 6) is -0.261. The van der Waals surface area contributed by atoms with Crippen LogP contribution >= 0.6 is 0 Å². The van der Waals surface area contributed by atoms with Crippen molar-refractivity contribution < 1.29 is 22.7 Å². The highest BCUT2D eigenvalue weighted by molar-refractivity contribution is 5.95. The first-order valence-electron chi connectivity index (χ1n) is 7.76. The molecule has 0 amide bonds. The van der Waals surface area contributed by atoms with Crippen LogP contribution in [0.4, 0.5) is 13.2 Å². The van der Waals surface area contributed by atoms with E-state index in [1.807, 2.05) is 13.8 Å². The molecule has 4 nitrogen and oxygen atoms in total. The molecule has 134 valence electrons. The monoisotopic (exact) mass is 352 g/mol. The van der Waals surface area contributed by atoms with E-state index in [2.05, 4.69) is 9.73 Å². The molecule has 0 unspecified atom stereocenters. The Morgan fingerprint density at radius 3 is 2.44 bits per heavy atom. The summed E-state index contributed by atoms with van der Waals surface area (Å²) in [5.41, 5.74) is 1.52. The quantitative estimate of drug-likeness (QED) is 0.826. The zero-order valence-corrected chi connectivity index (χ0v) is 14.0. The fourth-order valence-electron chi connectivity index (χ4n) is 2.14. The number of pyridine rings is 1. The lowest BCUT2D eigenvalue weighted by atomic mass is 10.1. The largest absolute Gasteiger partial charge is 0.411 e. The Morgan fingerprint density at radius 2 is 1.84 bits per heavy atom. The first-order valence-corrected chi connectivity index (χ1v) is 7.76. The number of nitrogens with zero attached hydrogens (tertiary/aromatic N) is 2. The summed E-state index contributed by atoms with van der Waals surface area (Å²) in [6.45, 7) is 2.36. The third kappa shape index (κ3) is 5.86. The van der Waals surface area contributed by atoms with E-state index in [4.69, 9.17) is 0 Å². The number of hydrogen-bond acceptors (Lipinski definition) is 3. The zero-order chi connectivity index (χ0) is 18.4. The number of alkyl halides is 3. The zero-order valence-electron chi connectivity index (χ0n) is 14.0. The number of aromatic nitrogens is 1. The fraction of sp³-hybridized carbons (Fsp3) is 0.333. The van der Waals surface area contributed by atoms with Gasteiger partial charge in [-0.05, 0) is 43.7 Å². The van der Waals surface area contributed by atoms with Crippen LogP contribution < -0.4 is 5.49 Å². The number of rotatable bonds is 5. The van der Waals surface area contributed by atoms with Gasteiger partial charge in [0.05, 0.1) is 6.61 Å². The van der Waals surface area contributed by atoms with Crippen LogP contribution in [0.25, 0.3) is 0 Å². The molecule has 25 heavy (non-hydrogen) atoms. The summed E-state index contributed by atoms with van der Waals surface area (Å²) in [6.07, 6.45) is -2.72. The summed E-state index contributed by atoms with van der Waals surface area (Å²) >= 11 is 0. The molecule has 0 bridgehead atoms. The van der Waals surface area contributed by atoms with Crippen molar-refractivity contribution in [2.24, 2.45) is 4.99 Å². The van der Waals surface area contributed by atoms with Gasteiger partial charge < -0.3 is 4.74 Å². The molecule has 0 radical (unpaired) electrons. The molecule has 0 aliphatic rings. The molecule has 1 aromatic carbocycles. The third-order valence-electron chi connectivity index (χ3n) is 3.18. The molecule has 0 fully saturated rings. The van der Waals surface area contributed by atoms with Crippen LogP contribution in [0, 0.1) is 0 Å². The minimum atomic E-state index is -4.35. The van der Waals surface area contributed by atoms with Crippen molar-refractivity contribution in [1.29, 1.82) is 0 Å². The van der Waals surface area contributed by atoms with Gasteiger partial charge in [-0.3, -0.25) is 14.4 Å². The van der Waals surface area contributed by atoms with Crippen LogP contribution in [0.5, 0.6) is 0 Å². The number of carbonyl (C=O) groups is 1. The van der Waals surface area contributed by atoms with E-state index < -0.39 is 12.8 Å². The number of hydrogen-bond donors (Lipinski definition) is 0. The molecular weight excluding hydrogens is 333 g/mol. The molecule has 0 atom stereocenters. The maximum Gasteiger partial charge on any atom is 0.411 e. The summed E-state index contributed by atoms with van der Waals surface area (Å²) in [7, 11) is 0. The molecule has 0 spiro atoms. The highest BCUT2D eigenvalue weighted by atomic mass is 19.4. The first-order chi connectivity index (χ1) is 11.8. The summed E-state index contributed by atoms with van der Waals surface area (Å²) in [5, 5.41) is 0. The molecule has 7 heteroatoms. The van der Waals surface area contributed by atoms with Crippen molar-refractivity contribution in [3.63, 3.8) is 0 Å². The van der Waals surface area contributed by atoms with Crippen molar-refractivity contribution >= 4 is 5.91 Å².